The largest absolute Gasteiger partial charge is 0.489 e. The van der Waals surface area contributed by atoms with Crippen molar-refractivity contribution < 1.29 is 18.6 Å². The second-order valence-electron chi connectivity index (χ2n) is 5.62. The molecule has 0 aliphatic heterocycles. The predicted octanol–water partition coefficient (Wildman–Crippen LogP) is 2.43. The number of hydrogen-bond donors (Lipinski definition) is 3. The zero-order chi connectivity index (χ0) is 16.7. The van der Waals surface area contributed by atoms with E-state index in [4.69, 9.17) is 4.74 Å². The minimum absolute atomic E-state index is 0. The van der Waals surface area contributed by atoms with E-state index >= 15 is 0 Å². The lowest BCUT2D eigenvalue weighted by molar-refractivity contribution is -0.0236. The Labute approximate surface area is 157 Å². The number of hydrogen-bond acceptors (Lipinski definition) is 3. The Bertz CT molecular complexity index is 554. The predicted molar refractivity (Wildman–Crippen MR) is 100 cm³/mol. The number of aliphatic imine (C=N–C) groups is 1. The number of aliphatic hydroxyl groups is 1. The number of benzene rings is 1. The van der Waals surface area contributed by atoms with Crippen LogP contribution in [0.25, 0.3) is 0 Å². The number of rotatable bonds is 7. The van der Waals surface area contributed by atoms with E-state index in [1.807, 2.05) is 6.92 Å². The van der Waals surface area contributed by atoms with Crippen molar-refractivity contribution in [3.63, 3.8) is 0 Å². The van der Waals surface area contributed by atoms with E-state index in [1.165, 1.54) is 6.07 Å². The first-order valence-corrected chi connectivity index (χ1v) is 7.85. The van der Waals surface area contributed by atoms with Crippen LogP contribution in [0, 0.1) is 11.6 Å². The van der Waals surface area contributed by atoms with Crippen molar-refractivity contribution in [1.82, 2.24) is 10.6 Å². The normalized spacial score (nSPS) is 15.9. The molecule has 0 bridgehead atoms. The van der Waals surface area contributed by atoms with Gasteiger partial charge in [-0.2, -0.15) is 0 Å². The molecule has 0 radical (unpaired) electrons. The fourth-order valence-corrected chi connectivity index (χ4v) is 2.23. The molecule has 0 spiro atoms. The van der Waals surface area contributed by atoms with E-state index in [1.54, 1.807) is 0 Å². The molecule has 1 aromatic rings. The average Bonchev–Trinajstić information content (AvgIpc) is 2.48. The van der Waals surface area contributed by atoms with Gasteiger partial charge in [0.15, 0.2) is 17.5 Å². The zero-order valence-corrected chi connectivity index (χ0v) is 16.0. The lowest BCUT2D eigenvalue weighted by Gasteiger charge is -2.35. The number of halogens is 3. The first-order valence-electron chi connectivity index (χ1n) is 7.85. The van der Waals surface area contributed by atoms with Crippen molar-refractivity contribution in [2.45, 2.75) is 31.8 Å². The fourth-order valence-electron chi connectivity index (χ4n) is 2.23. The molecule has 24 heavy (non-hydrogen) atoms. The van der Waals surface area contributed by atoms with E-state index < -0.39 is 17.2 Å². The fraction of sp³-hybridized carbons (Fsp3) is 0.562. The molecule has 3 N–H and O–H groups in total. The summed E-state index contributed by atoms with van der Waals surface area (Å²) in [5, 5.41) is 16.2. The van der Waals surface area contributed by atoms with Crippen molar-refractivity contribution in [2.75, 3.05) is 26.2 Å². The van der Waals surface area contributed by atoms with Crippen LogP contribution in [0.1, 0.15) is 26.2 Å². The minimum atomic E-state index is -0.724. The number of ether oxygens (including phenoxy) is 1. The Morgan fingerprint density at radius 1 is 1.33 bits per heavy atom. The van der Waals surface area contributed by atoms with Gasteiger partial charge in [0.2, 0.25) is 0 Å². The lowest BCUT2D eigenvalue weighted by Crippen LogP contribution is -2.44. The summed E-state index contributed by atoms with van der Waals surface area (Å²) in [5.74, 6) is -0.767. The van der Waals surface area contributed by atoms with Crippen LogP contribution in [0.5, 0.6) is 5.75 Å². The summed E-state index contributed by atoms with van der Waals surface area (Å²) in [6.07, 6.45) is 2.60. The molecule has 5 nitrogen and oxygen atoms in total. The highest BCUT2D eigenvalue weighted by Crippen LogP contribution is 2.31. The Morgan fingerprint density at radius 2 is 2.08 bits per heavy atom. The van der Waals surface area contributed by atoms with Crippen molar-refractivity contribution in [2.24, 2.45) is 4.99 Å². The van der Waals surface area contributed by atoms with Crippen LogP contribution >= 0.6 is 24.0 Å². The van der Waals surface area contributed by atoms with Crippen LogP contribution in [0.2, 0.25) is 0 Å². The quantitative estimate of drug-likeness (QED) is 0.256. The molecular formula is C16H24F2IN3O2. The molecule has 0 unspecified atom stereocenters. The SMILES string of the molecule is CCNC(=NCC1(O)CCC1)NCCOc1ccc(F)cc1F.I. The molecule has 1 fully saturated rings. The molecule has 136 valence electrons. The maximum absolute atomic E-state index is 13.4. The molecule has 8 heteroatoms. The van der Waals surface area contributed by atoms with E-state index in [0.717, 1.165) is 31.4 Å². The van der Waals surface area contributed by atoms with E-state index in [9.17, 15) is 13.9 Å². The van der Waals surface area contributed by atoms with Gasteiger partial charge in [0.05, 0.1) is 18.7 Å². The van der Waals surface area contributed by atoms with Crippen LogP contribution in [-0.2, 0) is 0 Å². The molecular weight excluding hydrogens is 431 g/mol. The van der Waals surface area contributed by atoms with E-state index in [2.05, 4.69) is 15.6 Å². The van der Waals surface area contributed by atoms with Gasteiger partial charge in [0.1, 0.15) is 12.4 Å². The monoisotopic (exact) mass is 455 g/mol. The van der Waals surface area contributed by atoms with E-state index in [-0.39, 0.29) is 36.3 Å². The van der Waals surface area contributed by atoms with Crippen molar-refractivity contribution in [3.8, 4) is 5.75 Å². The van der Waals surface area contributed by atoms with Crippen molar-refractivity contribution in [3.05, 3.63) is 29.8 Å². The van der Waals surface area contributed by atoms with Crippen molar-refractivity contribution in [1.29, 1.82) is 0 Å². The van der Waals surface area contributed by atoms with Gasteiger partial charge in [-0.05, 0) is 38.3 Å². The summed E-state index contributed by atoms with van der Waals surface area (Å²) in [6, 6.07) is 3.19. The maximum Gasteiger partial charge on any atom is 0.191 e. The lowest BCUT2D eigenvalue weighted by atomic mass is 9.80. The van der Waals surface area contributed by atoms with E-state index in [0.29, 0.717) is 25.6 Å². The summed E-state index contributed by atoms with van der Waals surface area (Å²) in [7, 11) is 0. The highest BCUT2D eigenvalue weighted by molar-refractivity contribution is 14.0. The van der Waals surface area contributed by atoms with Gasteiger partial charge < -0.3 is 20.5 Å². The Morgan fingerprint density at radius 3 is 2.67 bits per heavy atom. The Kier molecular flexibility index (Phi) is 8.68. The second kappa shape index (κ2) is 9.97. The first kappa shape index (κ1) is 20.9. The summed E-state index contributed by atoms with van der Waals surface area (Å²) >= 11 is 0. The molecule has 1 aliphatic rings. The minimum Gasteiger partial charge on any atom is -0.489 e. The second-order valence-corrected chi connectivity index (χ2v) is 5.62. The summed E-state index contributed by atoms with van der Waals surface area (Å²) in [6.45, 7) is 3.60. The average molecular weight is 455 g/mol. The zero-order valence-electron chi connectivity index (χ0n) is 13.6. The van der Waals surface area contributed by atoms with Crippen LogP contribution in [-0.4, -0.2) is 42.9 Å². The van der Waals surface area contributed by atoms with Crippen LogP contribution in [0.15, 0.2) is 23.2 Å². The van der Waals surface area contributed by atoms with Gasteiger partial charge >= 0.3 is 0 Å². The smallest absolute Gasteiger partial charge is 0.191 e. The number of nitrogens with one attached hydrogen (secondary N) is 2. The topological polar surface area (TPSA) is 65.9 Å². The Balaban J connectivity index is 0.00000288. The third kappa shape index (κ3) is 6.39. The first-order chi connectivity index (χ1) is 11.0. The van der Waals surface area contributed by atoms with Crippen LogP contribution in [0.3, 0.4) is 0 Å². The van der Waals surface area contributed by atoms with Gasteiger partial charge in [0, 0.05) is 12.6 Å². The summed E-state index contributed by atoms with van der Waals surface area (Å²) in [4.78, 5) is 4.35. The van der Waals surface area contributed by atoms with Gasteiger partial charge in [-0.1, -0.05) is 0 Å². The van der Waals surface area contributed by atoms with Crippen LogP contribution in [0.4, 0.5) is 8.78 Å². The molecule has 1 saturated carbocycles. The third-order valence-corrected chi connectivity index (χ3v) is 3.71. The highest BCUT2D eigenvalue weighted by Gasteiger charge is 2.34. The number of guanidine groups is 1. The summed E-state index contributed by atoms with van der Waals surface area (Å²) < 4.78 is 31.5. The standard InChI is InChI=1S/C16H23F2N3O2.HI/c1-2-19-15(21-11-16(22)6-3-7-16)20-8-9-23-14-5-4-12(17)10-13(14)18;/h4-5,10,22H,2-3,6-9,11H2,1H3,(H2,19,20,21);1H. The molecule has 0 heterocycles. The van der Waals surface area contributed by atoms with Gasteiger partial charge in [0.25, 0.3) is 0 Å². The van der Waals surface area contributed by atoms with Crippen LogP contribution < -0.4 is 15.4 Å². The molecule has 0 amide bonds. The molecule has 0 aromatic heterocycles. The number of nitrogens with zero attached hydrogens (tertiary/aromatic N) is 1. The molecule has 1 aliphatic carbocycles. The highest BCUT2D eigenvalue weighted by atomic mass is 127. The molecule has 0 saturated heterocycles. The van der Waals surface area contributed by atoms with Gasteiger partial charge in [-0.15, -0.1) is 24.0 Å². The summed E-state index contributed by atoms with van der Waals surface area (Å²) in [5.41, 5.74) is -0.671. The molecule has 0 atom stereocenters. The third-order valence-electron chi connectivity index (χ3n) is 3.71. The van der Waals surface area contributed by atoms with Gasteiger partial charge in [-0.25, -0.2) is 8.78 Å². The Hall–Kier alpha value is -1.16. The molecule has 2 rings (SSSR count). The van der Waals surface area contributed by atoms with Crippen molar-refractivity contribution >= 4 is 29.9 Å². The van der Waals surface area contributed by atoms with Gasteiger partial charge in [-0.3, -0.25) is 4.99 Å². The molecule has 1 aromatic carbocycles. The maximum atomic E-state index is 13.4.